The third-order valence-corrected chi connectivity index (χ3v) is 4.73. The van der Waals surface area contributed by atoms with Gasteiger partial charge in [0.1, 0.15) is 17.2 Å². The Hall–Kier alpha value is -2.99. The molecule has 0 atom stereocenters. The number of rotatable bonds is 3. The molecule has 0 aliphatic heterocycles. The molecule has 0 bridgehead atoms. The van der Waals surface area contributed by atoms with E-state index in [-0.39, 0.29) is 5.82 Å². The lowest BCUT2D eigenvalue weighted by Crippen LogP contribution is -1.98. The van der Waals surface area contributed by atoms with E-state index in [1.165, 1.54) is 12.1 Å². The highest BCUT2D eigenvalue weighted by atomic mass is 79.9. The molecule has 2 aromatic carbocycles. The highest BCUT2D eigenvalue weighted by molar-refractivity contribution is 9.10. The largest absolute Gasteiger partial charge is 0.426 e. The molecule has 0 aliphatic carbocycles. The maximum atomic E-state index is 13.3. The van der Waals surface area contributed by atoms with Gasteiger partial charge in [-0.3, -0.25) is 4.98 Å². The van der Waals surface area contributed by atoms with Crippen molar-refractivity contribution in [2.75, 3.05) is 0 Å². The molecular formula is C20H13BrFN3O. The lowest BCUT2D eigenvalue weighted by molar-refractivity contribution is 0.195. The predicted octanol–water partition coefficient (Wildman–Crippen LogP) is 5.42. The van der Waals surface area contributed by atoms with Crippen LogP contribution in [0.25, 0.3) is 33.9 Å². The number of benzene rings is 2. The Morgan fingerprint density at radius 1 is 0.885 bits per heavy atom. The number of pyridine rings is 1. The van der Waals surface area contributed by atoms with Crippen molar-refractivity contribution in [1.82, 2.24) is 14.7 Å². The maximum Gasteiger partial charge on any atom is 0.177 e. The Morgan fingerprint density at radius 3 is 2.27 bits per heavy atom. The van der Waals surface area contributed by atoms with E-state index in [0.29, 0.717) is 22.8 Å². The number of halogens is 2. The Kier molecular flexibility index (Phi) is 4.26. The lowest BCUT2D eigenvalue weighted by Gasteiger charge is -2.07. The van der Waals surface area contributed by atoms with Crippen LogP contribution in [0.15, 0.2) is 77.5 Å². The van der Waals surface area contributed by atoms with Gasteiger partial charge in [-0.05, 0) is 48.5 Å². The van der Waals surface area contributed by atoms with E-state index in [2.05, 4.69) is 25.9 Å². The number of imidazole rings is 1. The van der Waals surface area contributed by atoms with Crippen LogP contribution >= 0.6 is 15.9 Å². The summed E-state index contributed by atoms with van der Waals surface area (Å²) >= 11 is 3.50. The summed E-state index contributed by atoms with van der Waals surface area (Å²) in [4.78, 5) is 8.68. The highest BCUT2D eigenvalue weighted by Crippen LogP contribution is 2.37. The first-order valence-corrected chi connectivity index (χ1v) is 8.67. The van der Waals surface area contributed by atoms with Gasteiger partial charge in [-0.15, -0.1) is 0 Å². The van der Waals surface area contributed by atoms with Gasteiger partial charge in [-0.25, -0.2) is 9.37 Å². The Morgan fingerprint density at radius 2 is 1.58 bits per heavy atom. The number of aromatic nitrogens is 3. The summed E-state index contributed by atoms with van der Waals surface area (Å²) in [5.74, 6) is 0.0669. The van der Waals surface area contributed by atoms with Crippen molar-refractivity contribution in [2.24, 2.45) is 0 Å². The molecule has 0 amide bonds. The fraction of sp³-hybridized carbons (Fsp3) is 0. The third kappa shape index (κ3) is 2.88. The van der Waals surface area contributed by atoms with E-state index in [9.17, 15) is 9.60 Å². The van der Waals surface area contributed by atoms with Crippen molar-refractivity contribution >= 4 is 15.9 Å². The van der Waals surface area contributed by atoms with E-state index in [1.807, 2.05) is 24.3 Å². The minimum absolute atomic E-state index is 0.325. The second kappa shape index (κ2) is 6.72. The summed E-state index contributed by atoms with van der Waals surface area (Å²) in [7, 11) is 0. The Balaban J connectivity index is 1.99. The summed E-state index contributed by atoms with van der Waals surface area (Å²) in [6.45, 7) is 0. The minimum atomic E-state index is -0.325. The summed E-state index contributed by atoms with van der Waals surface area (Å²) < 4.78 is 15.2. The summed E-state index contributed by atoms with van der Waals surface area (Å²) in [5.41, 5.74) is 3.29. The lowest BCUT2D eigenvalue weighted by atomic mass is 10.1. The van der Waals surface area contributed by atoms with E-state index in [0.717, 1.165) is 20.3 Å². The van der Waals surface area contributed by atoms with Crippen LogP contribution in [0.3, 0.4) is 0 Å². The average molecular weight is 410 g/mol. The monoisotopic (exact) mass is 409 g/mol. The van der Waals surface area contributed by atoms with Gasteiger partial charge in [0, 0.05) is 33.6 Å². The minimum Gasteiger partial charge on any atom is -0.426 e. The molecule has 26 heavy (non-hydrogen) atoms. The van der Waals surface area contributed by atoms with Crippen molar-refractivity contribution in [3.8, 4) is 33.9 Å². The van der Waals surface area contributed by atoms with Crippen molar-refractivity contribution in [3.05, 3.63) is 83.3 Å². The van der Waals surface area contributed by atoms with E-state index in [1.54, 1.807) is 36.7 Å². The van der Waals surface area contributed by atoms with Gasteiger partial charge in [0.05, 0.1) is 0 Å². The zero-order valence-corrected chi connectivity index (χ0v) is 15.1. The molecule has 4 aromatic rings. The van der Waals surface area contributed by atoms with Crippen LogP contribution in [-0.4, -0.2) is 19.9 Å². The first-order chi connectivity index (χ1) is 12.6. The molecule has 6 heteroatoms. The third-order valence-electron chi connectivity index (χ3n) is 4.04. The molecule has 0 unspecified atom stereocenters. The topological polar surface area (TPSA) is 50.9 Å². The first-order valence-electron chi connectivity index (χ1n) is 7.88. The molecular weight excluding hydrogens is 397 g/mol. The predicted molar refractivity (Wildman–Crippen MR) is 101 cm³/mol. The number of nitrogens with zero attached hydrogens (tertiary/aromatic N) is 3. The maximum absolute atomic E-state index is 13.3. The second-order valence-corrected chi connectivity index (χ2v) is 6.52. The molecule has 0 spiro atoms. The van der Waals surface area contributed by atoms with Crippen LogP contribution < -0.4 is 0 Å². The summed E-state index contributed by atoms with van der Waals surface area (Å²) in [6, 6.07) is 17.1. The Bertz CT molecular complexity index is 1060. The zero-order valence-electron chi connectivity index (χ0n) is 13.5. The number of hydrogen-bond donors (Lipinski definition) is 1. The normalized spacial score (nSPS) is 10.8. The van der Waals surface area contributed by atoms with Crippen LogP contribution in [0, 0.1) is 5.82 Å². The van der Waals surface area contributed by atoms with Gasteiger partial charge < -0.3 is 5.21 Å². The van der Waals surface area contributed by atoms with Gasteiger partial charge in [-0.1, -0.05) is 28.1 Å². The van der Waals surface area contributed by atoms with Crippen LogP contribution in [0.2, 0.25) is 0 Å². The number of hydrogen-bond acceptors (Lipinski definition) is 3. The second-order valence-electron chi connectivity index (χ2n) is 5.67. The zero-order chi connectivity index (χ0) is 18.1. The Labute approximate surface area is 157 Å². The molecule has 0 saturated heterocycles. The molecule has 2 heterocycles. The van der Waals surface area contributed by atoms with Gasteiger partial charge in [-0.2, -0.15) is 4.73 Å². The molecule has 4 nitrogen and oxygen atoms in total. The van der Waals surface area contributed by atoms with E-state index in [4.69, 9.17) is 0 Å². The first kappa shape index (κ1) is 16.5. The molecule has 1 N–H and O–H groups in total. The molecule has 0 saturated carbocycles. The van der Waals surface area contributed by atoms with E-state index < -0.39 is 0 Å². The summed E-state index contributed by atoms with van der Waals surface area (Å²) in [5, 5.41) is 10.9. The van der Waals surface area contributed by atoms with Crippen molar-refractivity contribution in [1.29, 1.82) is 0 Å². The average Bonchev–Trinajstić information content (AvgIpc) is 3.00. The van der Waals surface area contributed by atoms with Crippen LogP contribution in [0.1, 0.15) is 0 Å². The smallest absolute Gasteiger partial charge is 0.177 e. The van der Waals surface area contributed by atoms with Gasteiger partial charge >= 0.3 is 0 Å². The van der Waals surface area contributed by atoms with Crippen LogP contribution in [-0.2, 0) is 0 Å². The summed E-state index contributed by atoms with van der Waals surface area (Å²) in [6.07, 6.45) is 3.30. The van der Waals surface area contributed by atoms with Crippen LogP contribution in [0.4, 0.5) is 4.39 Å². The highest BCUT2D eigenvalue weighted by Gasteiger charge is 2.22. The quantitative estimate of drug-likeness (QED) is 0.459. The molecule has 0 fully saturated rings. The van der Waals surface area contributed by atoms with Crippen molar-refractivity contribution in [2.45, 2.75) is 0 Å². The molecule has 0 aliphatic rings. The van der Waals surface area contributed by atoms with Gasteiger partial charge in [0.25, 0.3) is 0 Å². The molecule has 2 aromatic heterocycles. The van der Waals surface area contributed by atoms with Gasteiger partial charge in [0.15, 0.2) is 5.82 Å². The van der Waals surface area contributed by atoms with Crippen LogP contribution in [0.5, 0.6) is 0 Å². The molecule has 0 radical (unpaired) electrons. The fourth-order valence-electron chi connectivity index (χ4n) is 2.81. The van der Waals surface area contributed by atoms with Gasteiger partial charge in [0.2, 0.25) is 0 Å². The standard InChI is InChI=1S/C20H13BrFN3O/c21-17-4-2-1-3-16(17)20-24-18(13-5-7-15(22)8-6-13)19(25(20)26)14-9-11-23-12-10-14/h1-12,26H. The molecule has 128 valence electrons. The molecule has 4 rings (SSSR count). The van der Waals surface area contributed by atoms with Crippen molar-refractivity contribution in [3.63, 3.8) is 0 Å². The van der Waals surface area contributed by atoms with E-state index >= 15 is 0 Å². The van der Waals surface area contributed by atoms with Crippen molar-refractivity contribution < 1.29 is 9.60 Å². The fourth-order valence-corrected chi connectivity index (χ4v) is 3.27. The SMILES string of the molecule is On1c(-c2ccccc2Br)nc(-c2ccc(F)cc2)c1-c1ccncc1.